The molecule has 0 saturated heterocycles. The van der Waals surface area contributed by atoms with Gasteiger partial charge in [0.1, 0.15) is 6.04 Å². The summed E-state index contributed by atoms with van der Waals surface area (Å²) in [7, 11) is 1.33. The zero-order chi connectivity index (χ0) is 11.4. The molecular weight excluding hydrogens is 214 g/mol. The van der Waals surface area contributed by atoms with Gasteiger partial charge in [-0.1, -0.05) is 23.7 Å². The van der Waals surface area contributed by atoms with Gasteiger partial charge in [-0.15, -0.1) is 0 Å². The van der Waals surface area contributed by atoms with Crippen molar-refractivity contribution in [2.75, 3.05) is 7.11 Å². The highest BCUT2D eigenvalue weighted by Gasteiger charge is 2.14. The van der Waals surface area contributed by atoms with E-state index in [0.717, 1.165) is 11.1 Å². The van der Waals surface area contributed by atoms with Crippen molar-refractivity contribution in [3.63, 3.8) is 0 Å². The summed E-state index contributed by atoms with van der Waals surface area (Å²) in [5, 5.41) is 0.713. The van der Waals surface area contributed by atoms with Crippen LogP contribution in [0.1, 0.15) is 11.1 Å². The maximum absolute atomic E-state index is 11.1. The van der Waals surface area contributed by atoms with Crippen molar-refractivity contribution in [1.29, 1.82) is 0 Å². The molecule has 4 heteroatoms. The van der Waals surface area contributed by atoms with Gasteiger partial charge >= 0.3 is 5.97 Å². The highest BCUT2D eigenvalue weighted by atomic mass is 35.5. The van der Waals surface area contributed by atoms with Gasteiger partial charge in [0, 0.05) is 5.02 Å². The Morgan fingerprint density at radius 2 is 2.27 bits per heavy atom. The number of carbonyl (C=O) groups is 1. The molecule has 0 unspecified atom stereocenters. The Hall–Kier alpha value is -1.06. The monoisotopic (exact) mass is 227 g/mol. The summed E-state index contributed by atoms with van der Waals surface area (Å²) in [6.07, 6.45) is 0.463. The summed E-state index contributed by atoms with van der Waals surface area (Å²) in [6.45, 7) is 1.91. The predicted octanol–water partition coefficient (Wildman–Crippen LogP) is 1.69. The van der Waals surface area contributed by atoms with E-state index in [-0.39, 0.29) is 0 Å². The summed E-state index contributed by atoms with van der Waals surface area (Å²) in [6, 6.07) is 4.97. The first kappa shape index (κ1) is 12.0. The van der Waals surface area contributed by atoms with Gasteiger partial charge in [0.15, 0.2) is 0 Å². The minimum atomic E-state index is -0.615. The molecule has 0 aliphatic heterocycles. The topological polar surface area (TPSA) is 52.3 Å². The van der Waals surface area contributed by atoms with E-state index in [1.54, 1.807) is 6.07 Å². The van der Waals surface area contributed by atoms with Crippen LogP contribution in [0.3, 0.4) is 0 Å². The van der Waals surface area contributed by atoms with E-state index in [9.17, 15) is 4.79 Å². The maximum Gasteiger partial charge on any atom is 0.322 e. The van der Waals surface area contributed by atoms with E-state index < -0.39 is 12.0 Å². The molecule has 0 fully saturated rings. The summed E-state index contributed by atoms with van der Waals surface area (Å²) < 4.78 is 4.55. The number of aryl methyl sites for hydroxylation is 1. The second-order valence-electron chi connectivity index (χ2n) is 3.42. The first-order valence-corrected chi connectivity index (χ1v) is 5.01. The van der Waals surface area contributed by atoms with Crippen LogP contribution in [0.4, 0.5) is 0 Å². The van der Waals surface area contributed by atoms with E-state index in [0.29, 0.717) is 11.4 Å². The molecule has 1 rings (SSSR count). The highest BCUT2D eigenvalue weighted by Crippen LogP contribution is 2.17. The Kier molecular flexibility index (Phi) is 4.12. The van der Waals surface area contributed by atoms with Gasteiger partial charge in [-0.3, -0.25) is 4.79 Å². The minimum Gasteiger partial charge on any atom is -0.468 e. The molecule has 0 aliphatic rings. The number of nitrogens with two attached hydrogens (primary N) is 1. The molecule has 0 bridgehead atoms. The molecular formula is C11H14ClNO2. The predicted molar refractivity (Wildman–Crippen MR) is 59.9 cm³/mol. The van der Waals surface area contributed by atoms with Crippen LogP contribution < -0.4 is 5.73 Å². The van der Waals surface area contributed by atoms with Gasteiger partial charge in [-0.05, 0) is 30.5 Å². The first-order chi connectivity index (χ1) is 7.04. The van der Waals surface area contributed by atoms with Gasteiger partial charge in [0.05, 0.1) is 7.11 Å². The van der Waals surface area contributed by atoms with Gasteiger partial charge < -0.3 is 10.5 Å². The Morgan fingerprint density at radius 3 is 2.80 bits per heavy atom. The van der Waals surface area contributed by atoms with Crippen molar-refractivity contribution in [2.45, 2.75) is 19.4 Å². The Bertz CT molecular complexity index is 366. The van der Waals surface area contributed by atoms with Crippen molar-refractivity contribution in [3.8, 4) is 0 Å². The lowest BCUT2D eigenvalue weighted by molar-refractivity contribution is -0.142. The first-order valence-electron chi connectivity index (χ1n) is 4.63. The molecule has 2 N–H and O–H groups in total. The average molecular weight is 228 g/mol. The molecule has 1 atom stereocenters. The van der Waals surface area contributed by atoms with Crippen LogP contribution in [0.2, 0.25) is 5.02 Å². The van der Waals surface area contributed by atoms with Crippen LogP contribution in [0.5, 0.6) is 0 Å². The minimum absolute atomic E-state index is 0.400. The SMILES string of the molecule is COC(=O)[C@H](N)Cc1ccc(Cl)c(C)c1. The third-order valence-electron chi connectivity index (χ3n) is 2.18. The third kappa shape index (κ3) is 3.22. The molecule has 15 heavy (non-hydrogen) atoms. The third-order valence-corrected chi connectivity index (χ3v) is 2.61. The van der Waals surface area contributed by atoms with Crippen molar-refractivity contribution in [2.24, 2.45) is 5.73 Å². The molecule has 0 aromatic heterocycles. The fourth-order valence-corrected chi connectivity index (χ4v) is 1.44. The van der Waals surface area contributed by atoms with Crippen LogP contribution in [0.15, 0.2) is 18.2 Å². The Balaban J connectivity index is 2.73. The molecule has 3 nitrogen and oxygen atoms in total. The normalized spacial score (nSPS) is 12.3. The quantitative estimate of drug-likeness (QED) is 0.800. The van der Waals surface area contributed by atoms with Crippen LogP contribution in [0.25, 0.3) is 0 Å². The average Bonchev–Trinajstić information content (AvgIpc) is 2.22. The summed E-state index contributed by atoms with van der Waals surface area (Å²) in [5.41, 5.74) is 7.60. The standard InChI is InChI=1S/C11H14ClNO2/c1-7-5-8(3-4-9(7)12)6-10(13)11(14)15-2/h3-5,10H,6,13H2,1-2H3/t10-/m1/s1. The fraction of sp³-hybridized carbons (Fsp3) is 0.364. The number of benzene rings is 1. The van der Waals surface area contributed by atoms with Gasteiger partial charge in [-0.25, -0.2) is 0 Å². The number of ether oxygens (including phenoxy) is 1. The van der Waals surface area contributed by atoms with Crippen LogP contribution >= 0.6 is 11.6 Å². The molecule has 82 valence electrons. The van der Waals surface area contributed by atoms with E-state index in [4.69, 9.17) is 17.3 Å². The summed E-state index contributed by atoms with van der Waals surface area (Å²) >= 11 is 5.88. The number of carbonyl (C=O) groups excluding carboxylic acids is 1. The lowest BCUT2D eigenvalue weighted by atomic mass is 10.0. The number of hydrogen-bond donors (Lipinski definition) is 1. The van der Waals surface area contributed by atoms with Crippen molar-refractivity contribution < 1.29 is 9.53 Å². The largest absolute Gasteiger partial charge is 0.468 e. The van der Waals surface area contributed by atoms with Crippen molar-refractivity contribution >= 4 is 17.6 Å². The maximum atomic E-state index is 11.1. The lowest BCUT2D eigenvalue weighted by Gasteiger charge is -2.09. The van der Waals surface area contributed by atoms with Crippen LogP contribution in [-0.2, 0) is 16.0 Å². The second kappa shape index (κ2) is 5.14. The number of halogens is 1. The molecule has 0 radical (unpaired) electrons. The molecule has 0 aliphatic carbocycles. The number of methoxy groups -OCH3 is 1. The molecule has 0 heterocycles. The van der Waals surface area contributed by atoms with Crippen molar-refractivity contribution in [1.82, 2.24) is 0 Å². The highest BCUT2D eigenvalue weighted by molar-refractivity contribution is 6.31. The molecule has 0 amide bonds. The smallest absolute Gasteiger partial charge is 0.322 e. The van der Waals surface area contributed by atoms with Gasteiger partial charge in [0.2, 0.25) is 0 Å². The molecule has 0 saturated carbocycles. The van der Waals surface area contributed by atoms with Crippen LogP contribution in [-0.4, -0.2) is 19.1 Å². The molecule has 1 aromatic rings. The zero-order valence-electron chi connectivity index (χ0n) is 8.79. The van der Waals surface area contributed by atoms with E-state index in [1.807, 2.05) is 19.1 Å². The number of hydrogen-bond acceptors (Lipinski definition) is 3. The van der Waals surface area contributed by atoms with Crippen molar-refractivity contribution in [3.05, 3.63) is 34.3 Å². The van der Waals surface area contributed by atoms with E-state index >= 15 is 0 Å². The summed E-state index contributed by atoms with van der Waals surface area (Å²) in [5.74, 6) is -0.400. The molecule has 1 aromatic carbocycles. The van der Waals surface area contributed by atoms with E-state index in [2.05, 4.69) is 4.74 Å². The fourth-order valence-electron chi connectivity index (χ4n) is 1.32. The zero-order valence-corrected chi connectivity index (χ0v) is 9.54. The number of rotatable bonds is 3. The second-order valence-corrected chi connectivity index (χ2v) is 3.82. The Morgan fingerprint density at radius 1 is 1.60 bits per heavy atom. The number of esters is 1. The van der Waals surface area contributed by atoms with Crippen LogP contribution in [0, 0.1) is 6.92 Å². The Labute approximate surface area is 94.2 Å². The van der Waals surface area contributed by atoms with Gasteiger partial charge in [0.25, 0.3) is 0 Å². The lowest BCUT2D eigenvalue weighted by Crippen LogP contribution is -2.33. The molecule has 0 spiro atoms. The van der Waals surface area contributed by atoms with Gasteiger partial charge in [-0.2, -0.15) is 0 Å². The summed E-state index contributed by atoms with van der Waals surface area (Å²) in [4.78, 5) is 11.1. The van der Waals surface area contributed by atoms with E-state index in [1.165, 1.54) is 7.11 Å².